The van der Waals surface area contributed by atoms with E-state index >= 15 is 0 Å². The van der Waals surface area contributed by atoms with Gasteiger partial charge >= 0.3 is 5.97 Å². The van der Waals surface area contributed by atoms with Gasteiger partial charge in [-0.15, -0.1) is 0 Å². The van der Waals surface area contributed by atoms with Crippen LogP contribution >= 0.6 is 0 Å². The molecule has 19 heavy (non-hydrogen) atoms. The molecule has 0 unspecified atom stereocenters. The van der Waals surface area contributed by atoms with Gasteiger partial charge in [0.1, 0.15) is 12.2 Å². The molecule has 2 rings (SSSR count). The number of carbonyl (C=O) groups excluding carboxylic acids is 2. The first-order valence-electron chi connectivity index (χ1n) is 5.80. The number of Topliss-reactive ketones (excluding diaryl/α,β-unsaturated/α-hetero) is 1. The van der Waals surface area contributed by atoms with E-state index in [0.29, 0.717) is 11.3 Å². The predicted molar refractivity (Wildman–Crippen MR) is 70.4 cm³/mol. The number of aromatic nitrogens is 1. The van der Waals surface area contributed by atoms with Crippen molar-refractivity contribution < 1.29 is 19.1 Å². The van der Waals surface area contributed by atoms with Crippen molar-refractivity contribution in [3.05, 3.63) is 30.0 Å². The highest BCUT2D eigenvalue weighted by Gasteiger charge is 2.20. The normalized spacial score (nSPS) is 10.5. The Hall–Kier alpha value is -2.30. The van der Waals surface area contributed by atoms with Crippen LogP contribution in [-0.4, -0.2) is 30.5 Å². The second kappa shape index (κ2) is 5.14. The van der Waals surface area contributed by atoms with E-state index < -0.39 is 5.97 Å². The molecule has 0 bridgehead atoms. The summed E-state index contributed by atoms with van der Waals surface area (Å²) in [6.07, 6.45) is 1.57. The van der Waals surface area contributed by atoms with Gasteiger partial charge in [0.2, 0.25) is 0 Å². The minimum absolute atomic E-state index is 0.291. The molecule has 0 amide bonds. The molecular weight excluding hydrogens is 246 g/mol. The number of nitrogens with zero attached hydrogens (tertiary/aromatic N) is 1. The van der Waals surface area contributed by atoms with Crippen LogP contribution < -0.4 is 4.74 Å². The molecule has 0 aliphatic heterocycles. The lowest BCUT2D eigenvalue weighted by molar-refractivity contribution is -0.139. The van der Waals surface area contributed by atoms with Crippen molar-refractivity contribution in [3.63, 3.8) is 0 Å². The number of rotatable bonds is 4. The first kappa shape index (κ1) is 13.1. The third kappa shape index (κ3) is 2.31. The molecule has 0 saturated heterocycles. The van der Waals surface area contributed by atoms with Crippen LogP contribution in [0.25, 0.3) is 10.9 Å². The van der Waals surface area contributed by atoms with Gasteiger partial charge in [0.25, 0.3) is 0 Å². The Morgan fingerprint density at radius 3 is 2.58 bits per heavy atom. The summed E-state index contributed by atoms with van der Waals surface area (Å²) < 4.78 is 11.7. The molecule has 1 aromatic heterocycles. The minimum Gasteiger partial charge on any atom is -0.496 e. The zero-order valence-corrected chi connectivity index (χ0v) is 11.1. The Morgan fingerprint density at radius 1 is 1.21 bits per heavy atom. The maximum Gasteiger partial charge on any atom is 0.313 e. The van der Waals surface area contributed by atoms with Gasteiger partial charge in [-0.05, 0) is 18.2 Å². The molecule has 0 spiro atoms. The van der Waals surface area contributed by atoms with Crippen molar-refractivity contribution >= 4 is 22.7 Å². The Kier molecular flexibility index (Phi) is 3.55. The molecular formula is C14H15NO4. The quantitative estimate of drug-likeness (QED) is 0.479. The topological polar surface area (TPSA) is 57.5 Å². The molecule has 0 N–H and O–H groups in total. The smallest absolute Gasteiger partial charge is 0.313 e. The van der Waals surface area contributed by atoms with Crippen LogP contribution in [0.3, 0.4) is 0 Å². The molecule has 5 heteroatoms. The van der Waals surface area contributed by atoms with Crippen molar-refractivity contribution in [2.45, 2.75) is 6.42 Å². The van der Waals surface area contributed by atoms with Crippen LogP contribution in [0, 0.1) is 0 Å². The predicted octanol–water partition coefficient (Wildman–Crippen LogP) is 1.93. The number of esters is 1. The molecule has 1 heterocycles. The molecule has 0 atom stereocenters. The number of hydrogen-bond acceptors (Lipinski definition) is 4. The van der Waals surface area contributed by atoms with Gasteiger partial charge in [0.15, 0.2) is 5.78 Å². The van der Waals surface area contributed by atoms with E-state index in [0.717, 1.165) is 10.9 Å². The van der Waals surface area contributed by atoms with Gasteiger partial charge in [-0.25, -0.2) is 0 Å². The number of hydrogen-bond donors (Lipinski definition) is 0. The van der Waals surface area contributed by atoms with E-state index in [9.17, 15) is 9.59 Å². The van der Waals surface area contributed by atoms with Crippen LogP contribution in [0.4, 0.5) is 0 Å². The summed E-state index contributed by atoms with van der Waals surface area (Å²) in [5.41, 5.74) is 1.33. The summed E-state index contributed by atoms with van der Waals surface area (Å²) in [4.78, 5) is 23.5. The standard InChI is InChI=1S/C14H15NO4/c1-15-7-6-9-10(15)4-5-12(18-2)14(9)11(16)8-13(17)19-3/h4-7H,8H2,1-3H3. The highest BCUT2D eigenvalue weighted by molar-refractivity contribution is 6.15. The molecule has 2 aromatic rings. The summed E-state index contributed by atoms with van der Waals surface area (Å²) >= 11 is 0. The fraction of sp³-hybridized carbons (Fsp3) is 0.286. The Labute approximate surface area is 110 Å². The van der Waals surface area contributed by atoms with E-state index in [1.165, 1.54) is 14.2 Å². The van der Waals surface area contributed by atoms with Gasteiger partial charge in [-0.1, -0.05) is 0 Å². The second-order valence-electron chi connectivity index (χ2n) is 4.18. The number of methoxy groups -OCH3 is 2. The van der Waals surface area contributed by atoms with Crippen molar-refractivity contribution in [1.82, 2.24) is 4.57 Å². The van der Waals surface area contributed by atoms with Crippen LogP contribution in [0.1, 0.15) is 16.8 Å². The fourth-order valence-corrected chi connectivity index (χ4v) is 2.08. The number of carbonyl (C=O) groups is 2. The minimum atomic E-state index is -0.556. The van der Waals surface area contributed by atoms with Crippen molar-refractivity contribution in [1.29, 1.82) is 0 Å². The van der Waals surface area contributed by atoms with Gasteiger partial charge in [0.05, 0.1) is 19.8 Å². The monoisotopic (exact) mass is 261 g/mol. The summed E-state index contributed by atoms with van der Waals surface area (Å²) in [5, 5.41) is 0.774. The average molecular weight is 261 g/mol. The van der Waals surface area contributed by atoms with Crippen LogP contribution in [-0.2, 0) is 16.6 Å². The molecule has 100 valence electrons. The van der Waals surface area contributed by atoms with E-state index in [4.69, 9.17) is 4.74 Å². The Morgan fingerprint density at radius 2 is 1.95 bits per heavy atom. The zero-order valence-electron chi connectivity index (χ0n) is 11.1. The van der Waals surface area contributed by atoms with Gasteiger partial charge in [0, 0.05) is 24.1 Å². The molecule has 0 fully saturated rings. The SMILES string of the molecule is COC(=O)CC(=O)c1c(OC)ccc2c1ccn2C. The van der Waals surface area contributed by atoms with Gasteiger partial charge < -0.3 is 14.0 Å². The summed E-state index contributed by atoms with van der Waals surface area (Å²) in [6.45, 7) is 0. The lowest BCUT2D eigenvalue weighted by Crippen LogP contribution is -2.11. The fourth-order valence-electron chi connectivity index (χ4n) is 2.08. The first-order chi connectivity index (χ1) is 9.08. The maximum atomic E-state index is 12.2. The van der Waals surface area contributed by atoms with Gasteiger partial charge in [-0.2, -0.15) is 0 Å². The summed E-state index contributed by atoms with van der Waals surface area (Å²) in [5.74, 6) is -0.395. The third-order valence-electron chi connectivity index (χ3n) is 3.06. The number of ketones is 1. The van der Waals surface area contributed by atoms with E-state index in [1.54, 1.807) is 6.07 Å². The highest BCUT2D eigenvalue weighted by Crippen LogP contribution is 2.29. The van der Waals surface area contributed by atoms with E-state index in [-0.39, 0.29) is 12.2 Å². The number of aryl methyl sites for hydroxylation is 1. The van der Waals surface area contributed by atoms with E-state index in [2.05, 4.69) is 4.74 Å². The zero-order chi connectivity index (χ0) is 14.0. The largest absolute Gasteiger partial charge is 0.496 e. The first-order valence-corrected chi connectivity index (χ1v) is 5.80. The Balaban J connectivity index is 2.55. The number of ether oxygens (including phenoxy) is 2. The van der Waals surface area contributed by atoms with E-state index in [1.807, 2.05) is 29.9 Å². The second-order valence-corrected chi connectivity index (χ2v) is 4.18. The molecule has 0 radical (unpaired) electrons. The lowest BCUT2D eigenvalue weighted by Gasteiger charge is -2.09. The Bertz CT molecular complexity index is 642. The van der Waals surface area contributed by atoms with Crippen LogP contribution in [0.2, 0.25) is 0 Å². The molecule has 0 saturated carbocycles. The summed E-state index contributed by atoms with van der Waals surface area (Å²) in [6, 6.07) is 5.44. The molecule has 0 aliphatic carbocycles. The average Bonchev–Trinajstić information content (AvgIpc) is 2.79. The molecule has 5 nitrogen and oxygen atoms in total. The lowest BCUT2D eigenvalue weighted by atomic mass is 10.0. The number of fused-ring (bicyclic) bond motifs is 1. The van der Waals surface area contributed by atoms with Crippen molar-refractivity contribution in [2.24, 2.45) is 7.05 Å². The van der Waals surface area contributed by atoms with Gasteiger partial charge in [-0.3, -0.25) is 9.59 Å². The van der Waals surface area contributed by atoms with Crippen LogP contribution in [0.5, 0.6) is 5.75 Å². The molecule has 0 aliphatic rings. The summed E-state index contributed by atoms with van der Waals surface area (Å²) in [7, 11) is 4.65. The maximum absolute atomic E-state index is 12.2. The van der Waals surface area contributed by atoms with Crippen molar-refractivity contribution in [3.8, 4) is 5.75 Å². The highest BCUT2D eigenvalue weighted by atomic mass is 16.5. The third-order valence-corrected chi connectivity index (χ3v) is 3.06. The number of benzene rings is 1. The van der Waals surface area contributed by atoms with Crippen LogP contribution in [0.15, 0.2) is 24.4 Å². The van der Waals surface area contributed by atoms with Crippen molar-refractivity contribution in [2.75, 3.05) is 14.2 Å². The molecule has 1 aromatic carbocycles.